The van der Waals surface area contributed by atoms with Crippen molar-refractivity contribution in [3.8, 4) is 17.4 Å². The molecule has 0 aliphatic rings. The molecule has 0 fully saturated rings. The Morgan fingerprint density at radius 3 is 2.68 bits per heavy atom. The van der Waals surface area contributed by atoms with Gasteiger partial charge in [-0.3, -0.25) is 0 Å². The Labute approximate surface area is 163 Å². The minimum atomic E-state index is -0.279. The van der Waals surface area contributed by atoms with E-state index in [1.54, 1.807) is 25.4 Å². The van der Waals surface area contributed by atoms with Crippen LogP contribution in [0.3, 0.4) is 0 Å². The SMILES string of the molecule is COc1cccc(Oc2ccc(CNC(=O)NC(C)c3ccc(C)o3)cn2)c1. The number of amides is 2. The van der Waals surface area contributed by atoms with Gasteiger partial charge in [-0.2, -0.15) is 0 Å². The summed E-state index contributed by atoms with van der Waals surface area (Å²) in [5, 5.41) is 5.64. The number of ether oxygens (including phenoxy) is 2. The fraction of sp³-hybridized carbons (Fsp3) is 0.238. The molecular weight excluding hydrogens is 358 g/mol. The highest BCUT2D eigenvalue weighted by Gasteiger charge is 2.12. The van der Waals surface area contributed by atoms with Crippen LogP contribution in [0.2, 0.25) is 0 Å². The van der Waals surface area contributed by atoms with E-state index in [9.17, 15) is 4.79 Å². The van der Waals surface area contributed by atoms with Crippen LogP contribution >= 0.6 is 0 Å². The fourth-order valence-corrected chi connectivity index (χ4v) is 2.55. The number of methoxy groups -OCH3 is 1. The van der Waals surface area contributed by atoms with E-state index in [-0.39, 0.29) is 12.1 Å². The summed E-state index contributed by atoms with van der Waals surface area (Å²) in [5.74, 6) is 3.34. The van der Waals surface area contributed by atoms with Crippen LogP contribution in [0.15, 0.2) is 59.1 Å². The number of rotatable bonds is 7. The lowest BCUT2D eigenvalue weighted by molar-refractivity contribution is 0.235. The summed E-state index contributed by atoms with van der Waals surface area (Å²) < 4.78 is 16.4. The van der Waals surface area contributed by atoms with Crippen LogP contribution in [0.4, 0.5) is 4.79 Å². The monoisotopic (exact) mass is 381 g/mol. The Balaban J connectivity index is 1.49. The highest BCUT2D eigenvalue weighted by molar-refractivity contribution is 5.74. The van der Waals surface area contributed by atoms with E-state index >= 15 is 0 Å². The van der Waals surface area contributed by atoms with Crippen LogP contribution in [0.25, 0.3) is 0 Å². The molecule has 2 heterocycles. The zero-order valence-electron chi connectivity index (χ0n) is 16.1. The van der Waals surface area contributed by atoms with Gasteiger partial charge in [-0.1, -0.05) is 12.1 Å². The van der Waals surface area contributed by atoms with Gasteiger partial charge >= 0.3 is 6.03 Å². The van der Waals surface area contributed by atoms with E-state index < -0.39 is 0 Å². The summed E-state index contributed by atoms with van der Waals surface area (Å²) in [6.45, 7) is 4.08. The molecule has 0 spiro atoms. The van der Waals surface area contributed by atoms with Crippen molar-refractivity contribution >= 4 is 6.03 Å². The van der Waals surface area contributed by atoms with Gasteiger partial charge < -0.3 is 24.5 Å². The van der Waals surface area contributed by atoms with Crippen LogP contribution < -0.4 is 20.1 Å². The highest BCUT2D eigenvalue weighted by Crippen LogP contribution is 2.23. The van der Waals surface area contributed by atoms with E-state index in [0.717, 1.165) is 11.3 Å². The van der Waals surface area contributed by atoms with Crippen molar-refractivity contribution < 1.29 is 18.7 Å². The van der Waals surface area contributed by atoms with Gasteiger partial charge in [-0.05, 0) is 43.7 Å². The molecule has 2 amide bonds. The third kappa shape index (κ3) is 5.26. The van der Waals surface area contributed by atoms with Gasteiger partial charge in [0.15, 0.2) is 0 Å². The average Bonchev–Trinajstić information content (AvgIpc) is 3.14. The zero-order chi connectivity index (χ0) is 19.9. The molecule has 3 rings (SSSR count). The normalized spacial score (nSPS) is 11.5. The summed E-state index contributed by atoms with van der Waals surface area (Å²) in [4.78, 5) is 16.3. The van der Waals surface area contributed by atoms with Gasteiger partial charge in [0, 0.05) is 24.9 Å². The van der Waals surface area contributed by atoms with Gasteiger partial charge in [-0.15, -0.1) is 0 Å². The van der Waals surface area contributed by atoms with Crippen LogP contribution in [0.5, 0.6) is 17.4 Å². The number of aryl methyl sites for hydroxylation is 1. The average molecular weight is 381 g/mol. The van der Waals surface area contributed by atoms with E-state index in [2.05, 4.69) is 15.6 Å². The Morgan fingerprint density at radius 1 is 1.18 bits per heavy atom. The molecule has 0 radical (unpaired) electrons. The van der Waals surface area contributed by atoms with Gasteiger partial charge in [0.25, 0.3) is 0 Å². The maximum absolute atomic E-state index is 12.1. The Bertz CT molecular complexity index is 921. The highest BCUT2D eigenvalue weighted by atomic mass is 16.5. The second-order valence-electron chi connectivity index (χ2n) is 6.28. The summed E-state index contributed by atoms with van der Waals surface area (Å²) in [7, 11) is 1.60. The summed E-state index contributed by atoms with van der Waals surface area (Å²) in [6.07, 6.45) is 1.66. The first-order chi connectivity index (χ1) is 13.5. The Hall–Kier alpha value is -3.48. The molecule has 1 aromatic carbocycles. The summed E-state index contributed by atoms with van der Waals surface area (Å²) in [6, 6.07) is 14.1. The molecular formula is C21H23N3O4. The molecule has 0 saturated carbocycles. The lowest BCUT2D eigenvalue weighted by Crippen LogP contribution is -2.36. The number of hydrogen-bond donors (Lipinski definition) is 2. The van der Waals surface area contributed by atoms with Crippen LogP contribution in [0.1, 0.15) is 30.0 Å². The van der Waals surface area contributed by atoms with E-state index in [1.165, 1.54) is 0 Å². The predicted molar refractivity (Wildman–Crippen MR) is 105 cm³/mol. The lowest BCUT2D eigenvalue weighted by Gasteiger charge is -2.13. The first-order valence-corrected chi connectivity index (χ1v) is 8.91. The number of carbonyl (C=O) groups is 1. The minimum absolute atomic E-state index is 0.217. The predicted octanol–water partition coefficient (Wildman–Crippen LogP) is 4.34. The number of hydrogen-bond acceptors (Lipinski definition) is 5. The van der Waals surface area contributed by atoms with Crippen molar-refractivity contribution in [2.45, 2.75) is 26.4 Å². The molecule has 1 unspecified atom stereocenters. The number of carbonyl (C=O) groups excluding carboxylic acids is 1. The largest absolute Gasteiger partial charge is 0.497 e. The smallest absolute Gasteiger partial charge is 0.315 e. The number of benzene rings is 1. The van der Waals surface area contributed by atoms with Crippen molar-refractivity contribution in [1.29, 1.82) is 0 Å². The lowest BCUT2D eigenvalue weighted by atomic mass is 10.2. The number of nitrogens with one attached hydrogen (secondary N) is 2. The van der Waals surface area contributed by atoms with Crippen LogP contribution in [-0.2, 0) is 6.54 Å². The number of furan rings is 1. The number of urea groups is 1. The molecule has 3 aromatic rings. The zero-order valence-corrected chi connectivity index (χ0v) is 16.1. The van der Waals surface area contributed by atoms with Gasteiger partial charge in [-0.25, -0.2) is 9.78 Å². The topological polar surface area (TPSA) is 85.6 Å². The molecule has 1 atom stereocenters. The number of pyridine rings is 1. The first kappa shape index (κ1) is 19.3. The second-order valence-corrected chi connectivity index (χ2v) is 6.28. The molecule has 2 N–H and O–H groups in total. The first-order valence-electron chi connectivity index (χ1n) is 8.91. The van der Waals surface area contributed by atoms with Crippen molar-refractivity contribution in [1.82, 2.24) is 15.6 Å². The Morgan fingerprint density at radius 2 is 2.00 bits per heavy atom. The molecule has 146 valence electrons. The molecule has 7 nitrogen and oxygen atoms in total. The van der Waals surface area contributed by atoms with Crippen LogP contribution in [0, 0.1) is 6.92 Å². The molecule has 0 aliphatic carbocycles. The second kappa shape index (κ2) is 8.94. The molecule has 0 aliphatic heterocycles. The standard InChI is InChI=1S/C21H23N3O4/c1-14-7-9-19(27-14)15(2)24-21(25)23-13-16-8-10-20(22-12-16)28-18-6-4-5-17(11-18)26-3/h4-12,15H,13H2,1-3H3,(H2,23,24,25). The molecule has 0 bridgehead atoms. The summed E-state index contributed by atoms with van der Waals surface area (Å²) in [5.41, 5.74) is 0.856. The van der Waals surface area contributed by atoms with Crippen molar-refractivity contribution in [3.05, 3.63) is 71.8 Å². The molecule has 0 saturated heterocycles. The van der Waals surface area contributed by atoms with Crippen molar-refractivity contribution in [2.75, 3.05) is 7.11 Å². The van der Waals surface area contributed by atoms with E-state index in [1.807, 2.05) is 50.2 Å². The van der Waals surface area contributed by atoms with Gasteiger partial charge in [0.05, 0.1) is 13.2 Å². The Kier molecular flexibility index (Phi) is 6.16. The molecule has 7 heteroatoms. The summed E-state index contributed by atoms with van der Waals surface area (Å²) >= 11 is 0. The third-order valence-electron chi connectivity index (χ3n) is 4.05. The van der Waals surface area contributed by atoms with Crippen molar-refractivity contribution in [2.24, 2.45) is 0 Å². The maximum atomic E-state index is 12.1. The van der Waals surface area contributed by atoms with Gasteiger partial charge in [0.2, 0.25) is 5.88 Å². The molecule has 2 aromatic heterocycles. The fourth-order valence-electron chi connectivity index (χ4n) is 2.55. The number of aromatic nitrogens is 1. The number of nitrogens with zero attached hydrogens (tertiary/aromatic N) is 1. The van der Waals surface area contributed by atoms with Crippen LogP contribution in [-0.4, -0.2) is 18.1 Å². The minimum Gasteiger partial charge on any atom is -0.497 e. The molecule has 28 heavy (non-hydrogen) atoms. The van der Waals surface area contributed by atoms with E-state index in [4.69, 9.17) is 13.9 Å². The quantitative estimate of drug-likeness (QED) is 0.636. The maximum Gasteiger partial charge on any atom is 0.315 e. The van der Waals surface area contributed by atoms with Gasteiger partial charge in [0.1, 0.15) is 23.0 Å². The third-order valence-corrected chi connectivity index (χ3v) is 4.05. The van der Waals surface area contributed by atoms with E-state index in [0.29, 0.717) is 29.7 Å². The van der Waals surface area contributed by atoms with Crippen molar-refractivity contribution in [3.63, 3.8) is 0 Å².